The van der Waals surface area contributed by atoms with E-state index in [-0.39, 0.29) is 6.03 Å². The number of urea groups is 1. The van der Waals surface area contributed by atoms with Crippen molar-refractivity contribution in [3.63, 3.8) is 0 Å². The second-order valence-corrected chi connectivity index (χ2v) is 7.58. The topological polar surface area (TPSA) is 78.5 Å². The smallest absolute Gasteiger partial charge is 0.317 e. The number of sulfone groups is 1. The zero-order valence-corrected chi connectivity index (χ0v) is 11.4. The van der Waals surface area contributed by atoms with Crippen LogP contribution < -0.4 is 10.6 Å². The summed E-state index contributed by atoms with van der Waals surface area (Å²) in [5.74, 6) is 0. The van der Waals surface area contributed by atoms with Gasteiger partial charge >= 0.3 is 6.03 Å². The summed E-state index contributed by atoms with van der Waals surface area (Å²) in [5.41, 5.74) is 0. The van der Waals surface area contributed by atoms with Gasteiger partial charge in [-0.1, -0.05) is 0 Å². The lowest BCUT2D eigenvalue weighted by Gasteiger charge is -2.23. The Morgan fingerprint density at radius 1 is 1.47 bits per heavy atom. The van der Waals surface area contributed by atoms with Gasteiger partial charge in [0.25, 0.3) is 0 Å². The van der Waals surface area contributed by atoms with Crippen LogP contribution in [0.3, 0.4) is 0 Å². The van der Waals surface area contributed by atoms with Crippen molar-refractivity contribution < 1.29 is 13.2 Å². The van der Waals surface area contributed by atoms with E-state index in [0.29, 0.717) is 26.2 Å². The third kappa shape index (κ3) is 3.85. The maximum atomic E-state index is 11.4. The first-order valence-electron chi connectivity index (χ1n) is 5.67. The van der Waals surface area contributed by atoms with Gasteiger partial charge in [-0.2, -0.15) is 0 Å². The minimum Gasteiger partial charge on any atom is -0.336 e. The molecule has 6 nitrogen and oxygen atoms in total. The second kappa shape index (κ2) is 5.22. The molecule has 2 N–H and O–H groups in total. The molecule has 1 fully saturated rings. The zero-order valence-electron chi connectivity index (χ0n) is 10.6. The van der Waals surface area contributed by atoms with Gasteiger partial charge in [-0.25, -0.2) is 13.2 Å². The Hall–Kier alpha value is -0.820. The highest BCUT2D eigenvalue weighted by atomic mass is 32.2. The summed E-state index contributed by atoms with van der Waals surface area (Å²) in [7, 11) is -3.07. The van der Waals surface area contributed by atoms with Crippen molar-refractivity contribution >= 4 is 15.9 Å². The predicted octanol–water partition coefficient (Wildman–Crippen LogP) is -0.576. The minimum absolute atomic E-state index is 0.0471. The van der Waals surface area contributed by atoms with E-state index in [1.54, 1.807) is 18.7 Å². The van der Waals surface area contributed by atoms with Crippen LogP contribution in [0.1, 0.15) is 13.8 Å². The van der Waals surface area contributed by atoms with Gasteiger partial charge in [-0.05, 0) is 13.8 Å². The third-order valence-corrected chi connectivity index (χ3v) is 5.21. The quantitative estimate of drug-likeness (QED) is 0.629. The molecule has 2 amide bonds. The molecule has 0 saturated carbocycles. The molecular formula is C10H21N3O3S. The van der Waals surface area contributed by atoms with Crippen molar-refractivity contribution in [2.24, 2.45) is 0 Å². The first-order chi connectivity index (χ1) is 7.74. The molecule has 17 heavy (non-hydrogen) atoms. The number of rotatable bonds is 6. The fourth-order valence-corrected chi connectivity index (χ4v) is 1.82. The van der Waals surface area contributed by atoms with Crippen LogP contribution in [0.4, 0.5) is 4.79 Å². The van der Waals surface area contributed by atoms with Gasteiger partial charge in [0.05, 0.1) is 4.75 Å². The van der Waals surface area contributed by atoms with E-state index in [1.807, 2.05) is 0 Å². The molecule has 1 heterocycles. The summed E-state index contributed by atoms with van der Waals surface area (Å²) < 4.78 is 22.1. The Kier molecular flexibility index (Phi) is 4.37. The van der Waals surface area contributed by atoms with Crippen LogP contribution in [0.2, 0.25) is 0 Å². The molecular weight excluding hydrogens is 242 g/mol. The van der Waals surface area contributed by atoms with Crippen LogP contribution in [-0.2, 0) is 9.84 Å². The number of nitrogens with zero attached hydrogens (tertiary/aromatic N) is 1. The van der Waals surface area contributed by atoms with E-state index in [0.717, 1.165) is 6.54 Å². The first kappa shape index (κ1) is 14.2. The standard InChI is InChI=1S/C10H21N3O3S/c1-10(2,17(3,15)16)8-11-4-6-13-7-5-12-9(13)14/h11H,4-8H2,1-3H3,(H,12,14). The van der Waals surface area contributed by atoms with Crippen LogP contribution >= 0.6 is 0 Å². The monoisotopic (exact) mass is 263 g/mol. The average molecular weight is 263 g/mol. The third-order valence-electron chi connectivity index (χ3n) is 3.06. The maximum absolute atomic E-state index is 11.4. The van der Waals surface area contributed by atoms with E-state index in [2.05, 4.69) is 10.6 Å². The second-order valence-electron chi connectivity index (χ2n) is 4.93. The highest BCUT2D eigenvalue weighted by Crippen LogP contribution is 2.13. The summed E-state index contributed by atoms with van der Waals surface area (Å²) >= 11 is 0. The maximum Gasteiger partial charge on any atom is 0.317 e. The van der Waals surface area contributed by atoms with Crippen molar-refractivity contribution in [2.75, 3.05) is 39.0 Å². The van der Waals surface area contributed by atoms with E-state index in [4.69, 9.17) is 0 Å². The molecule has 7 heteroatoms. The van der Waals surface area contributed by atoms with Crippen LogP contribution in [0.25, 0.3) is 0 Å². The molecule has 0 aromatic heterocycles. The normalized spacial score (nSPS) is 17.4. The van der Waals surface area contributed by atoms with Crippen LogP contribution in [-0.4, -0.2) is 63.1 Å². The van der Waals surface area contributed by atoms with Crippen LogP contribution in [0.15, 0.2) is 0 Å². The van der Waals surface area contributed by atoms with Gasteiger partial charge in [0.2, 0.25) is 0 Å². The molecule has 0 bridgehead atoms. The van der Waals surface area contributed by atoms with Gasteiger partial charge in [0.15, 0.2) is 9.84 Å². The molecule has 0 radical (unpaired) electrons. The average Bonchev–Trinajstić information content (AvgIpc) is 2.57. The fraction of sp³-hybridized carbons (Fsp3) is 0.900. The molecule has 0 aromatic rings. The SMILES string of the molecule is CC(C)(CNCCN1CCNC1=O)S(C)(=O)=O. The molecule has 0 unspecified atom stereocenters. The molecule has 100 valence electrons. The van der Waals surface area contributed by atoms with Crippen molar-refractivity contribution in [3.05, 3.63) is 0 Å². The van der Waals surface area contributed by atoms with Crippen LogP contribution in [0, 0.1) is 0 Å². The van der Waals surface area contributed by atoms with Gasteiger partial charge < -0.3 is 15.5 Å². The Balaban J connectivity index is 2.27. The summed E-state index contributed by atoms with van der Waals surface area (Å²) in [6.07, 6.45) is 1.24. The molecule has 1 rings (SSSR count). The lowest BCUT2D eigenvalue weighted by molar-refractivity contribution is 0.217. The molecule has 1 aliphatic rings. The van der Waals surface area contributed by atoms with Gasteiger partial charge in [0, 0.05) is 39.0 Å². The van der Waals surface area contributed by atoms with E-state index in [1.165, 1.54) is 6.26 Å². The van der Waals surface area contributed by atoms with Crippen LogP contribution in [0.5, 0.6) is 0 Å². The van der Waals surface area contributed by atoms with Crippen molar-refractivity contribution in [1.29, 1.82) is 0 Å². The molecule has 0 aromatic carbocycles. The first-order valence-corrected chi connectivity index (χ1v) is 7.56. The van der Waals surface area contributed by atoms with Gasteiger partial charge in [0.1, 0.15) is 0 Å². The molecule has 0 aliphatic carbocycles. The highest BCUT2D eigenvalue weighted by molar-refractivity contribution is 7.92. The summed E-state index contributed by atoms with van der Waals surface area (Å²) in [6, 6.07) is -0.0471. The van der Waals surface area contributed by atoms with E-state index >= 15 is 0 Å². The number of hydrogen-bond acceptors (Lipinski definition) is 4. The van der Waals surface area contributed by atoms with Gasteiger partial charge in [-0.3, -0.25) is 0 Å². The van der Waals surface area contributed by atoms with E-state index in [9.17, 15) is 13.2 Å². The Morgan fingerprint density at radius 3 is 2.59 bits per heavy atom. The molecule has 0 spiro atoms. The van der Waals surface area contributed by atoms with Crippen molar-refractivity contribution in [3.8, 4) is 0 Å². The van der Waals surface area contributed by atoms with E-state index < -0.39 is 14.6 Å². The Labute approximate surface area is 103 Å². The zero-order chi connectivity index (χ0) is 13.1. The van der Waals surface area contributed by atoms with Crippen molar-refractivity contribution in [2.45, 2.75) is 18.6 Å². The highest BCUT2D eigenvalue weighted by Gasteiger charge is 2.29. The molecule has 1 saturated heterocycles. The number of amides is 2. The Bertz CT molecular complexity index is 378. The minimum atomic E-state index is -3.07. The number of hydrogen-bond donors (Lipinski definition) is 2. The fourth-order valence-electron chi connectivity index (χ4n) is 1.46. The summed E-state index contributed by atoms with van der Waals surface area (Å²) in [5, 5.41) is 5.79. The lowest BCUT2D eigenvalue weighted by atomic mass is 10.2. The summed E-state index contributed by atoms with van der Waals surface area (Å²) in [4.78, 5) is 12.9. The van der Waals surface area contributed by atoms with Crippen molar-refractivity contribution in [1.82, 2.24) is 15.5 Å². The molecule has 1 aliphatic heterocycles. The largest absolute Gasteiger partial charge is 0.336 e. The number of carbonyl (C=O) groups is 1. The number of nitrogens with one attached hydrogen (secondary N) is 2. The number of carbonyl (C=O) groups excluding carboxylic acids is 1. The van der Waals surface area contributed by atoms with Gasteiger partial charge in [-0.15, -0.1) is 0 Å². The molecule has 0 atom stereocenters. The lowest BCUT2D eigenvalue weighted by Crippen LogP contribution is -2.44. The Morgan fingerprint density at radius 2 is 2.12 bits per heavy atom. The summed E-state index contributed by atoms with van der Waals surface area (Å²) in [6.45, 7) is 6.39. The predicted molar refractivity (Wildman–Crippen MR) is 66.8 cm³/mol.